The van der Waals surface area contributed by atoms with E-state index < -0.39 is 12.0 Å². The van der Waals surface area contributed by atoms with Crippen molar-refractivity contribution in [2.75, 3.05) is 32.2 Å². The summed E-state index contributed by atoms with van der Waals surface area (Å²) >= 11 is 3.15. The van der Waals surface area contributed by atoms with Gasteiger partial charge in [0.25, 0.3) is 0 Å². The first kappa shape index (κ1) is 32.1. The molecule has 2 amide bonds. The molecule has 1 N–H and O–H groups in total. The average molecular weight is 614 g/mol. The Morgan fingerprint density at radius 3 is 2.60 bits per heavy atom. The van der Waals surface area contributed by atoms with E-state index in [1.54, 1.807) is 28.0 Å². The largest absolute Gasteiger partial charge is 0.467 e. The number of thioether (sulfide) groups is 1. The fraction of sp³-hybridized carbons (Fsp3) is 0.562. The Kier molecular flexibility index (Phi) is 11.9. The number of nitrogens with zero attached hydrogens (tertiary/aromatic N) is 2. The number of amides is 2. The number of carbonyl (C=O) groups excluding carboxylic acids is 3. The highest BCUT2D eigenvalue weighted by atomic mass is 32.2. The number of hydrogen-bond acceptors (Lipinski definition) is 8. The number of carbonyl (C=O) groups is 3. The molecule has 1 aromatic heterocycles. The van der Waals surface area contributed by atoms with Gasteiger partial charge in [-0.25, -0.2) is 14.6 Å². The van der Waals surface area contributed by atoms with Gasteiger partial charge in [-0.3, -0.25) is 4.79 Å². The molecule has 1 saturated carbocycles. The third-order valence-corrected chi connectivity index (χ3v) is 10.0. The molecule has 228 valence electrons. The van der Waals surface area contributed by atoms with Gasteiger partial charge in [-0.1, -0.05) is 56.4 Å². The number of nitrogens with one attached hydrogen (secondary N) is 1. The second kappa shape index (κ2) is 15.6. The van der Waals surface area contributed by atoms with Crippen LogP contribution in [-0.2, 0) is 19.1 Å². The fourth-order valence-corrected chi connectivity index (χ4v) is 7.27. The van der Waals surface area contributed by atoms with Crippen LogP contribution in [-0.4, -0.2) is 66.1 Å². The zero-order valence-electron chi connectivity index (χ0n) is 25.1. The standard InChI is InChI=1S/C32H43N3O5S2/c1-21-10-8-9-13-24(21)26-19-35(16-14-25(26)30(36)34-27(15-17-41-4)31(37)39-3)32(38)40-28(29-22(2)33-20-42-29)18-23-11-6-5-7-12-23/h8-10,13,20,23,27-28H,5-7,11-12,14-19H2,1-4H3,(H,34,36). The second-order valence-corrected chi connectivity index (χ2v) is 13.1. The molecule has 2 unspecified atom stereocenters. The first-order valence-corrected chi connectivity index (χ1v) is 17.1. The summed E-state index contributed by atoms with van der Waals surface area (Å²) in [7, 11) is 1.33. The van der Waals surface area contributed by atoms with Crippen molar-refractivity contribution in [3.8, 4) is 0 Å². The van der Waals surface area contributed by atoms with E-state index in [0.717, 1.165) is 46.5 Å². The van der Waals surface area contributed by atoms with Gasteiger partial charge in [0, 0.05) is 12.1 Å². The summed E-state index contributed by atoms with van der Waals surface area (Å²) in [5.41, 5.74) is 6.01. The highest BCUT2D eigenvalue weighted by Crippen LogP contribution is 2.37. The van der Waals surface area contributed by atoms with Crippen molar-refractivity contribution in [1.29, 1.82) is 0 Å². The smallest absolute Gasteiger partial charge is 0.410 e. The molecule has 10 heteroatoms. The lowest BCUT2D eigenvalue weighted by molar-refractivity contribution is -0.144. The molecule has 1 aromatic carbocycles. The summed E-state index contributed by atoms with van der Waals surface area (Å²) in [4.78, 5) is 46.9. The number of ether oxygens (including phenoxy) is 2. The topological polar surface area (TPSA) is 97.8 Å². The lowest BCUT2D eigenvalue weighted by Gasteiger charge is -2.33. The van der Waals surface area contributed by atoms with Crippen LogP contribution in [0, 0.1) is 19.8 Å². The molecule has 42 heavy (non-hydrogen) atoms. The third kappa shape index (κ3) is 8.16. The Morgan fingerprint density at radius 2 is 1.93 bits per heavy atom. The number of thiazole rings is 1. The summed E-state index contributed by atoms with van der Waals surface area (Å²) in [6.45, 7) is 4.57. The van der Waals surface area contributed by atoms with Crippen molar-refractivity contribution in [1.82, 2.24) is 15.2 Å². The van der Waals surface area contributed by atoms with Gasteiger partial charge in [0.15, 0.2) is 0 Å². The van der Waals surface area contributed by atoms with Gasteiger partial charge in [-0.2, -0.15) is 11.8 Å². The quantitative estimate of drug-likeness (QED) is 0.290. The molecule has 8 nitrogen and oxygen atoms in total. The summed E-state index contributed by atoms with van der Waals surface area (Å²) < 4.78 is 11.2. The molecule has 1 aliphatic heterocycles. The average Bonchev–Trinajstić information content (AvgIpc) is 3.44. The summed E-state index contributed by atoms with van der Waals surface area (Å²) in [5, 5.41) is 2.91. The molecule has 1 fully saturated rings. The molecular weight excluding hydrogens is 571 g/mol. The molecule has 4 rings (SSSR count). The minimum atomic E-state index is -0.730. The molecule has 2 aromatic rings. The molecule has 2 aliphatic rings. The minimum absolute atomic E-state index is 0.248. The van der Waals surface area contributed by atoms with E-state index in [1.807, 2.05) is 49.9 Å². The van der Waals surface area contributed by atoms with Crippen LogP contribution in [0.3, 0.4) is 0 Å². The molecule has 2 heterocycles. The highest BCUT2D eigenvalue weighted by Gasteiger charge is 2.33. The van der Waals surface area contributed by atoms with E-state index in [2.05, 4.69) is 10.3 Å². The van der Waals surface area contributed by atoms with Crippen LogP contribution in [0.5, 0.6) is 0 Å². The first-order chi connectivity index (χ1) is 20.3. The third-order valence-electron chi connectivity index (χ3n) is 8.34. The minimum Gasteiger partial charge on any atom is -0.467 e. The monoisotopic (exact) mass is 613 g/mol. The Morgan fingerprint density at radius 1 is 1.17 bits per heavy atom. The van der Waals surface area contributed by atoms with Crippen molar-refractivity contribution in [2.24, 2.45) is 5.92 Å². The number of methoxy groups -OCH3 is 1. The molecule has 0 spiro atoms. The Balaban J connectivity index is 1.57. The van der Waals surface area contributed by atoms with Gasteiger partial charge < -0.3 is 19.7 Å². The van der Waals surface area contributed by atoms with Crippen LogP contribution in [0.4, 0.5) is 4.79 Å². The number of benzene rings is 1. The zero-order chi connectivity index (χ0) is 30.1. The Labute approximate surface area is 257 Å². The first-order valence-electron chi connectivity index (χ1n) is 14.8. The van der Waals surface area contributed by atoms with Crippen molar-refractivity contribution in [3.63, 3.8) is 0 Å². The SMILES string of the molecule is COC(=O)C(CCSC)NC(=O)C1=C(c2ccccc2C)CN(C(=O)OC(CC2CCCCC2)c2scnc2C)CC1. The summed E-state index contributed by atoms with van der Waals surface area (Å²) in [6.07, 6.45) is 8.94. The van der Waals surface area contributed by atoms with Crippen LogP contribution < -0.4 is 5.32 Å². The van der Waals surface area contributed by atoms with E-state index in [4.69, 9.17) is 9.47 Å². The van der Waals surface area contributed by atoms with Gasteiger partial charge >= 0.3 is 12.1 Å². The van der Waals surface area contributed by atoms with E-state index in [9.17, 15) is 14.4 Å². The molecule has 0 saturated heterocycles. The Hall–Kier alpha value is -2.85. The Bertz CT molecular complexity index is 1270. The van der Waals surface area contributed by atoms with Crippen molar-refractivity contribution in [2.45, 2.75) is 77.4 Å². The normalized spacial score (nSPS) is 17.5. The molecule has 0 radical (unpaired) electrons. The van der Waals surface area contributed by atoms with Crippen LogP contribution in [0.25, 0.3) is 5.57 Å². The van der Waals surface area contributed by atoms with Crippen LogP contribution in [0.2, 0.25) is 0 Å². The summed E-state index contributed by atoms with van der Waals surface area (Å²) in [5.74, 6) is 0.489. The second-order valence-electron chi connectivity index (χ2n) is 11.2. The van der Waals surface area contributed by atoms with Crippen molar-refractivity contribution < 1.29 is 23.9 Å². The number of esters is 1. The van der Waals surface area contributed by atoms with E-state index in [0.29, 0.717) is 36.6 Å². The van der Waals surface area contributed by atoms with Gasteiger partial charge in [-0.05, 0) is 67.7 Å². The van der Waals surface area contributed by atoms with E-state index in [1.165, 1.54) is 26.4 Å². The van der Waals surface area contributed by atoms with E-state index in [-0.39, 0.29) is 24.6 Å². The predicted molar refractivity (Wildman–Crippen MR) is 168 cm³/mol. The summed E-state index contributed by atoms with van der Waals surface area (Å²) in [6, 6.07) is 7.14. The fourth-order valence-electron chi connectivity index (χ4n) is 5.95. The number of hydrogen-bond donors (Lipinski definition) is 1. The lowest BCUT2D eigenvalue weighted by atomic mass is 9.85. The highest BCUT2D eigenvalue weighted by molar-refractivity contribution is 7.98. The van der Waals surface area contributed by atoms with Crippen LogP contribution in [0.1, 0.15) is 79.2 Å². The maximum atomic E-state index is 13.7. The van der Waals surface area contributed by atoms with Gasteiger partial charge in [0.1, 0.15) is 12.1 Å². The van der Waals surface area contributed by atoms with Crippen LogP contribution >= 0.6 is 23.1 Å². The maximum Gasteiger partial charge on any atom is 0.410 e. The van der Waals surface area contributed by atoms with Crippen LogP contribution in [0.15, 0.2) is 35.3 Å². The van der Waals surface area contributed by atoms with Gasteiger partial charge in [-0.15, -0.1) is 11.3 Å². The maximum absolute atomic E-state index is 13.7. The van der Waals surface area contributed by atoms with E-state index >= 15 is 0 Å². The zero-order valence-corrected chi connectivity index (χ0v) is 26.8. The molecular formula is C32H43N3O5S2. The molecule has 2 atom stereocenters. The number of aryl methyl sites for hydroxylation is 2. The molecule has 1 aliphatic carbocycles. The van der Waals surface area contributed by atoms with Gasteiger partial charge in [0.2, 0.25) is 5.91 Å². The number of rotatable bonds is 11. The lowest BCUT2D eigenvalue weighted by Crippen LogP contribution is -2.45. The molecule has 0 bridgehead atoms. The number of aromatic nitrogens is 1. The predicted octanol–water partition coefficient (Wildman–Crippen LogP) is 6.48. The van der Waals surface area contributed by atoms with Crippen molar-refractivity contribution >= 4 is 46.6 Å². The van der Waals surface area contributed by atoms with Gasteiger partial charge in [0.05, 0.1) is 29.7 Å². The van der Waals surface area contributed by atoms with Crippen molar-refractivity contribution in [3.05, 3.63) is 57.0 Å².